The molecule has 166 valence electrons. The average molecular weight is 450 g/mol. The average Bonchev–Trinajstić information content (AvgIpc) is 3.38. The molecule has 0 amide bonds. The number of ether oxygens (including phenoxy) is 2. The van der Waals surface area contributed by atoms with Crippen molar-refractivity contribution < 1.29 is 9.47 Å². The van der Waals surface area contributed by atoms with Crippen molar-refractivity contribution in [2.24, 2.45) is 0 Å². The van der Waals surface area contributed by atoms with Crippen molar-refractivity contribution in [1.82, 2.24) is 19.7 Å². The molecule has 0 unspecified atom stereocenters. The molecule has 5 rings (SSSR count). The van der Waals surface area contributed by atoms with Gasteiger partial charge in [-0.05, 0) is 75.0 Å². The lowest BCUT2D eigenvalue weighted by Crippen LogP contribution is -2.19. The summed E-state index contributed by atoms with van der Waals surface area (Å²) in [6, 6.07) is 10.6. The highest BCUT2D eigenvalue weighted by Crippen LogP contribution is 2.47. The van der Waals surface area contributed by atoms with Crippen LogP contribution in [0.1, 0.15) is 45.7 Å². The van der Waals surface area contributed by atoms with E-state index in [1.54, 1.807) is 24.5 Å². The molecule has 3 aromatic rings. The van der Waals surface area contributed by atoms with Crippen molar-refractivity contribution in [3.63, 3.8) is 0 Å². The third-order valence-electron chi connectivity index (χ3n) is 5.45. The lowest BCUT2D eigenvalue weighted by atomic mass is 9.98. The predicted octanol–water partition coefficient (Wildman–Crippen LogP) is 5.37. The van der Waals surface area contributed by atoms with E-state index in [-0.39, 0.29) is 12.1 Å². The van der Waals surface area contributed by atoms with Crippen LogP contribution in [0.15, 0.2) is 47.8 Å². The zero-order valence-corrected chi connectivity index (χ0v) is 19.6. The lowest BCUT2D eigenvalue weighted by molar-refractivity contribution is 0.234. The van der Waals surface area contributed by atoms with Gasteiger partial charge in [0, 0.05) is 28.6 Å². The summed E-state index contributed by atoms with van der Waals surface area (Å²) in [4.78, 5) is 10.3. The molecule has 2 aromatic heterocycles. The molecule has 0 bridgehead atoms. The number of nitrogens with zero attached hydrogens (tertiary/aromatic N) is 5. The second-order valence-electron chi connectivity index (χ2n) is 8.46. The van der Waals surface area contributed by atoms with Crippen LogP contribution in [-0.4, -0.2) is 39.0 Å². The topological polar surface area (TPSA) is 65.3 Å². The van der Waals surface area contributed by atoms with Gasteiger partial charge in [-0.3, -0.25) is 4.31 Å². The Balaban J connectivity index is 1.52. The molecule has 0 radical (unpaired) electrons. The largest absolute Gasteiger partial charge is 0.493 e. The third-order valence-corrected chi connectivity index (χ3v) is 6.63. The summed E-state index contributed by atoms with van der Waals surface area (Å²) < 4.78 is 16.3. The van der Waals surface area contributed by atoms with E-state index in [1.807, 2.05) is 24.6 Å². The Bertz CT molecular complexity index is 1170. The highest BCUT2D eigenvalue weighted by Gasteiger charge is 2.31. The summed E-state index contributed by atoms with van der Waals surface area (Å²) in [6.07, 6.45) is 4.34. The van der Waals surface area contributed by atoms with E-state index in [4.69, 9.17) is 9.47 Å². The number of fused-ring (bicyclic) bond motifs is 2. The molecule has 0 spiro atoms. The van der Waals surface area contributed by atoms with Crippen LogP contribution in [0, 0.1) is 0 Å². The van der Waals surface area contributed by atoms with Gasteiger partial charge in [-0.2, -0.15) is 10.1 Å². The van der Waals surface area contributed by atoms with E-state index in [0.29, 0.717) is 12.5 Å². The Morgan fingerprint density at radius 1 is 1.09 bits per heavy atom. The van der Waals surface area contributed by atoms with Crippen LogP contribution >= 0.6 is 11.9 Å². The Morgan fingerprint density at radius 3 is 2.78 bits per heavy atom. The molecule has 4 heterocycles. The number of aromatic nitrogens is 4. The third kappa shape index (κ3) is 3.83. The van der Waals surface area contributed by atoms with Crippen LogP contribution in [0.5, 0.6) is 11.6 Å². The van der Waals surface area contributed by atoms with E-state index in [9.17, 15) is 0 Å². The zero-order chi connectivity index (χ0) is 22.2. The van der Waals surface area contributed by atoms with Gasteiger partial charge in [0.25, 0.3) is 0 Å². The van der Waals surface area contributed by atoms with Crippen LogP contribution in [0.3, 0.4) is 0 Å². The van der Waals surface area contributed by atoms with Crippen molar-refractivity contribution in [3.05, 3.63) is 53.3 Å². The lowest BCUT2D eigenvalue weighted by Gasteiger charge is -2.20. The van der Waals surface area contributed by atoms with Crippen molar-refractivity contribution in [2.75, 3.05) is 17.5 Å². The Labute approximate surface area is 192 Å². The van der Waals surface area contributed by atoms with Crippen LogP contribution in [0.2, 0.25) is 0 Å². The molecule has 7 nitrogen and oxygen atoms in total. The fraction of sp³-hybridized carbons (Fsp3) is 0.375. The van der Waals surface area contributed by atoms with Gasteiger partial charge in [0.15, 0.2) is 0 Å². The minimum Gasteiger partial charge on any atom is -0.493 e. The van der Waals surface area contributed by atoms with Crippen LogP contribution in [-0.2, 0) is 0 Å². The van der Waals surface area contributed by atoms with Gasteiger partial charge >= 0.3 is 0 Å². The number of benzene rings is 1. The minimum atomic E-state index is 0.0558. The van der Waals surface area contributed by atoms with Gasteiger partial charge in [0.05, 0.1) is 25.3 Å². The molecule has 2 aliphatic heterocycles. The number of pyridine rings is 1. The van der Waals surface area contributed by atoms with E-state index >= 15 is 0 Å². The van der Waals surface area contributed by atoms with Crippen molar-refractivity contribution in [2.45, 2.75) is 46.3 Å². The summed E-state index contributed by atoms with van der Waals surface area (Å²) in [7, 11) is 0. The van der Waals surface area contributed by atoms with E-state index in [0.717, 1.165) is 41.4 Å². The van der Waals surface area contributed by atoms with Crippen LogP contribution < -0.4 is 13.8 Å². The Morgan fingerprint density at radius 2 is 1.97 bits per heavy atom. The number of hydrogen-bond acceptors (Lipinski definition) is 7. The molecule has 0 saturated carbocycles. The van der Waals surface area contributed by atoms with E-state index in [2.05, 4.69) is 57.5 Å². The van der Waals surface area contributed by atoms with Gasteiger partial charge in [-0.1, -0.05) is 6.07 Å². The smallest absolute Gasteiger partial charge is 0.234 e. The zero-order valence-electron chi connectivity index (χ0n) is 18.8. The number of anilines is 1. The first-order chi connectivity index (χ1) is 15.5. The first-order valence-electron chi connectivity index (χ1n) is 11.0. The molecule has 0 N–H and O–H groups in total. The Kier molecular flexibility index (Phi) is 5.55. The minimum absolute atomic E-state index is 0.0558. The summed E-state index contributed by atoms with van der Waals surface area (Å²) in [5.41, 5.74) is 4.47. The normalized spacial score (nSPS) is 15.6. The number of rotatable bonds is 5. The molecular formula is C24H27N5O2S. The molecule has 32 heavy (non-hydrogen) atoms. The Hall–Kier alpha value is -3.00. The van der Waals surface area contributed by atoms with Gasteiger partial charge in [0.2, 0.25) is 11.8 Å². The van der Waals surface area contributed by atoms with E-state index < -0.39 is 0 Å². The summed E-state index contributed by atoms with van der Waals surface area (Å²) >= 11 is 1.75. The monoisotopic (exact) mass is 449 g/mol. The SMILES string of the molecule is CC(C)Oc1ncccc1-c1ccc2c(c1)C1=C(CCO2)SN(c2ncnn2C(C)C)C1. The maximum Gasteiger partial charge on any atom is 0.234 e. The van der Waals surface area contributed by atoms with Crippen LogP contribution in [0.4, 0.5) is 5.95 Å². The molecule has 0 aliphatic carbocycles. The first-order valence-corrected chi connectivity index (χ1v) is 11.7. The molecule has 0 saturated heterocycles. The standard InChI is InChI=1S/C24H27N5O2S/c1-15(2)29-24(26-14-27-29)28-13-20-19-12-17(7-8-21(19)30-11-9-22(20)32-28)18-6-5-10-25-23(18)31-16(3)4/h5-8,10,12,14-16H,9,11,13H2,1-4H3. The summed E-state index contributed by atoms with van der Waals surface area (Å²) in [6.45, 7) is 9.70. The molecule has 0 fully saturated rings. The van der Waals surface area contributed by atoms with E-state index in [1.165, 1.54) is 10.5 Å². The molecule has 8 heteroatoms. The highest BCUT2D eigenvalue weighted by molar-refractivity contribution is 8.04. The highest BCUT2D eigenvalue weighted by atomic mass is 32.2. The summed E-state index contributed by atoms with van der Waals surface area (Å²) in [5, 5.41) is 4.41. The maximum atomic E-state index is 6.10. The molecule has 1 aromatic carbocycles. The second-order valence-corrected chi connectivity index (χ2v) is 9.58. The number of hydrogen-bond donors (Lipinski definition) is 0. The van der Waals surface area contributed by atoms with Gasteiger partial charge in [-0.15, -0.1) is 0 Å². The predicted molar refractivity (Wildman–Crippen MR) is 128 cm³/mol. The molecule has 2 aliphatic rings. The fourth-order valence-corrected chi connectivity index (χ4v) is 5.15. The van der Waals surface area contributed by atoms with Gasteiger partial charge in [0.1, 0.15) is 12.1 Å². The summed E-state index contributed by atoms with van der Waals surface area (Å²) in [5.74, 6) is 2.46. The van der Waals surface area contributed by atoms with Gasteiger partial charge < -0.3 is 9.47 Å². The van der Waals surface area contributed by atoms with Crippen molar-refractivity contribution >= 4 is 23.5 Å². The maximum absolute atomic E-state index is 6.10. The first kappa shape index (κ1) is 20.9. The quantitative estimate of drug-likeness (QED) is 0.485. The van der Waals surface area contributed by atoms with Gasteiger partial charge in [-0.25, -0.2) is 9.67 Å². The van der Waals surface area contributed by atoms with Crippen molar-refractivity contribution in [1.29, 1.82) is 0 Å². The molecular weight excluding hydrogens is 422 g/mol. The van der Waals surface area contributed by atoms with Crippen LogP contribution in [0.25, 0.3) is 16.7 Å². The molecule has 0 atom stereocenters. The van der Waals surface area contributed by atoms with Crippen molar-refractivity contribution in [3.8, 4) is 22.8 Å². The fourth-order valence-electron chi connectivity index (χ4n) is 4.02. The second kappa shape index (κ2) is 8.50.